The minimum absolute atomic E-state index is 0.00166. The lowest BCUT2D eigenvalue weighted by atomic mass is 9.89. The molecule has 1 saturated carbocycles. The Bertz CT molecular complexity index is 1600. The summed E-state index contributed by atoms with van der Waals surface area (Å²) >= 11 is 0. The lowest BCUT2D eigenvalue weighted by molar-refractivity contribution is -0.161. The molecule has 1 fully saturated rings. The number of hydrogen-bond donors (Lipinski definition) is 7. The molecule has 0 aliphatic heterocycles. The van der Waals surface area contributed by atoms with Crippen LogP contribution in [0.15, 0.2) is 85.1 Å². The molecule has 378 valence electrons. The number of carbonyl (C=O) groups excluding carboxylic acids is 2. The zero-order valence-corrected chi connectivity index (χ0v) is 40.9. The van der Waals surface area contributed by atoms with Gasteiger partial charge in [0.2, 0.25) is 0 Å². The summed E-state index contributed by atoms with van der Waals surface area (Å²) in [5.41, 5.74) is 0. The molecule has 0 radical (unpaired) electrons. The van der Waals surface area contributed by atoms with Crippen LogP contribution in [0.3, 0.4) is 0 Å². The van der Waals surface area contributed by atoms with Gasteiger partial charge in [0.25, 0.3) is 0 Å². The largest absolute Gasteiger partial charge is 0.472 e. The molecule has 0 bridgehead atoms. The van der Waals surface area contributed by atoms with E-state index in [1.807, 2.05) is 30.4 Å². The maximum atomic E-state index is 12.7. The lowest BCUT2D eigenvalue weighted by Gasteiger charge is -2.20. The molecule has 0 amide bonds. The van der Waals surface area contributed by atoms with Gasteiger partial charge in [0.15, 0.2) is 6.10 Å². The van der Waals surface area contributed by atoms with Gasteiger partial charge in [-0.2, -0.15) is 0 Å². The number of carbonyl (C=O) groups is 2. The van der Waals surface area contributed by atoms with E-state index >= 15 is 0 Å². The summed E-state index contributed by atoms with van der Waals surface area (Å²) in [4.78, 5) is 53.0. The van der Waals surface area contributed by atoms with Crippen LogP contribution in [-0.2, 0) is 41.8 Å². The van der Waals surface area contributed by atoms with Gasteiger partial charge in [-0.3, -0.25) is 23.2 Å². The molecule has 0 heterocycles. The van der Waals surface area contributed by atoms with E-state index in [4.69, 9.17) is 23.8 Å². The van der Waals surface area contributed by atoms with Crippen molar-refractivity contribution in [1.82, 2.24) is 0 Å². The summed E-state index contributed by atoms with van der Waals surface area (Å²) in [6.07, 6.45) is 36.8. The number of hydrogen-bond acceptors (Lipinski definition) is 13. The molecule has 1 rings (SSSR count). The Balaban J connectivity index is 2.60. The highest BCUT2D eigenvalue weighted by atomic mass is 31.2. The second kappa shape index (κ2) is 38.1. The number of ether oxygens (including phenoxy) is 2. The molecular formula is C48H80O16P2. The summed E-state index contributed by atoms with van der Waals surface area (Å²) in [5, 5.41) is 41.1. The summed E-state index contributed by atoms with van der Waals surface area (Å²) in [6.45, 7) is 1.26. The molecule has 66 heavy (non-hydrogen) atoms. The third-order valence-corrected chi connectivity index (χ3v) is 11.8. The molecule has 0 aromatic carbocycles. The van der Waals surface area contributed by atoms with Crippen LogP contribution in [0.4, 0.5) is 0 Å². The van der Waals surface area contributed by atoms with Gasteiger partial charge in [-0.1, -0.05) is 131 Å². The van der Waals surface area contributed by atoms with Crippen LogP contribution >= 0.6 is 15.6 Å². The minimum Gasteiger partial charge on any atom is -0.462 e. The van der Waals surface area contributed by atoms with Crippen molar-refractivity contribution in [2.24, 2.45) is 11.8 Å². The second-order valence-corrected chi connectivity index (χ2v) is 19.0. The maximum absolute atomic E-state index is 12.7. The van der Waals surface area contributed by atoms with Gasteiger partial charge in [-0.05, 0) is 76.5 Å². The van der Waals surface area contributed by atoms with Crippen molar-refractivity contribution < 1.29 is 76.9 Å². The molecule has 0 aromatic heterocycles. The number of esters is 2. The van der Waals surface area contributed by atoms with Crippen molar-refractivity contribution in [3.05, 3.63) is 85.1 Å². The molecule has 0 aromatic rings. The van der Waals surface area contributed by atoms with Crippen molar-refractivity contribution in [3.8, 4) is 0 Å². The van der Waals surface area contributed by atoms with E-state index in [0.29, 0.717) is 38.5 Å². The van der Waals surface area contributed by atoms with Gasteiger partial charge < -0.3 is 44.6 Å². The Labute approximate surface area is 393 Å². The van der Waals surface area contributed by atoms with E-state index in [9.17, 15) is 44.0 Å². The highest BCUT2D eigenvalue weighted by Crippen LogP contribution is 2.44. The molecule has 1 aliphatic carbocycles. The predicted molar refractivity (Wildman–Crippen MR) is 255 cm³/mol. The Morgan fingerprint density at radius 3 is 1.79 bits per heavy atom. The van der Waals surface area contributed by atoms with E-state index in [1.54, 1.807) is 12.2 Å². The van der Waals surface area contributed by atoms with Crippen LogP contribution in [0.25, 0.3) is 0 Å². The van der Waals surface area contributed by atoms with Crippen LogP contribution in [0.1, 0.15) is 136 Å². The van der Waals surface area contributed by atoms with Gasteiger partial charge >= 0.3 is 27.6 Å². The highest BCUT2D eigenvalue weighted by Gasteiger charge is 2.39. The first kappa shape index (κ1) is 61.2. The third-order valence-electron chi connectivity index (χ3n) is 10.3. The first-order valence-electron chi connectivity index (χ1n) is 23.5. The average Bonchev–Trinajstić information content (AvgIpc) is 3.54. The molecule has 1 aliphatic rings. The maximum Gasteiger partial charge on any atom is 0.472 e. The normalized spacial score (nSPS) is 20.8. The van der Waals surface area contributed by atoms with Crippen molar-refractivity contribution in [1.29, 1.82) is 0 Å². The van der Waals surface area contributed by atoms with E-state index in [0.717, 1.165) is 44.9 Å². The van der Waals surface area contributed by atoms with E-state index in [2.05, 4.69) is 65.4 Å². The number of aliphatic hydroxyl groups excluding tert-OH is 4. The molecular weight excluding hydrogens is 894 g/mol. The SMILES string of the molecule is CCCCC/C=C\C/C=C\C/C=C\C/C=C\C/C=C\CCC(=O)O[C@H](COC(=O)CCC/C=C/C[C@@H]1[C@@H](/C=C/[C@@H](O)CCCCC)[C@H](O)C[C@@H]1O)COP(=O)(O)OC[C@@H](O)COP(=O)(O)O. The molecule has 8 atom stereocenters. The quantitative estimate of drug-likeness (QED) is 0.0132. The first-order chi connectivity index (χ1) is 31.6. The highest BCUT2D eigenvalue weighted by molar-refractivity contribution is 7.47. The van der Waals surface area contributed by atoms with Gasteiger partial charge in [0, 0.05) is 25.2 Å². The monoisotopic (exact) mass is 974 g/mol. The Kier molecular flexibility index (Phi) is 35.3. The lowest BCUT2D eigenvalue weighted by Crippen LogP contribution is -2.29. The van der Waals surface area contributed by atoms with Crippen LogP contribution < -0.4 is 0 Å². The fourth-order valence-corrected chi connectivity index (χ4v) is 7.83. The van der Waals surface area contributed by atoms with Crippen molar-refractivity contribution in [3.63, 3.8) is 0 Å². The average molecular weight is 975 g/mol. The van der Waals surface area contributed by atoms with Gasteiger partial charge in [-0.25, -0.2) is 9.13 Å². The van der Waals surface area contributed by atoms with Gasteiger partial charge in [-0.15, -0.1) is 0 Å². The molecule has 1 unspecified atom stereocenters. The topological polar surface area (TPSA) is 256 Å². The van der Waals surface area contributed by atoms with Crippen molar-refractivity contribution in [2.75, 3.05) is 26.4 Å². The third kappa shape index (κ3) is 34.5. The fraction of sp³-hybridized carbons (Fsp3) is 0.667. The van der Waals surface area contributed by atoms with Crippen LogP contribution in [-0.4, -0.2) is 104 Å². The summed E-state index contributed by atoms with van der Waals surface area (Å²) in [7, 11) is -9.80. The van der Waals surface area contributed by atoms with Crippen LogP contribution in [0, 0.1) is 11.8 Å². The number of phosphoric ester groups is 2. The summed E-state index contributed by atoms with van der Waals surface area (Å²) in [6, 6.07) is 0. The zero-order chi connectivity index (χ0) is 48.9. The first-order valence-corrected chi connectivity index (χ1v) is 26.6. The molecule has 7 N–H and O–H groups in total. The van der Waals surface area contributed by atoms with Crippen molar-refractivity contribution >= 4 is 27.6 Å². The second-order valence-electron chi connectivity index (χ2n) is 16.3. The van der Waals surface area contributed by atoms with Crippen molar-refractivity contribution in [2.45, 2.75) is 166 Å². The number of unbranched alkanes of at least 4 members (excludes halogenated alkanes) is 6. The Morgan fingerprint density at radius 2 is 1.17 bits per heavy atom. The number of allylic oxidation sites excluding steroid dienone is 12. The number of phosphoric acid groups is 2. The minimum atomic E-state index is -4.91. The molecule has 0 saturated heterocycles. The summed E-state index contributed by atoms with van der Waals surface area (Å²) in [5.74, 6) is -1.83. The fourth-order valence-electron chi connectivity index (χ4n) is 6.68. The smallest absolute Gasteiger partial charge is 0.462 e. The van der Waals surface area contributed by atoms with Crippen LogP contribution in [0.2, 0.25) is 0 Å². The Hall–Kier alpha value is -2.82. The standard InChI is InChI=1S/C48H80O16P2/c1-3-5-7-8-9-10-11-12-13-14-15-16-17-18-19-20-21-22-28-32-48(54)64-42(39-63-66(58,59)62-37-41(50)36-61-65(55,56)57)38-60-47(53)31-27-24-23-26-30-43-44(46(52)35-45(43)51)34-33-40(49)29-25-6-4-2/h9-10,12-13,15-16,18-19,21-23,26,33-34,40-46,49-52H,3-8,11,14,17,20,24-25,27-32,35-39H2,1-2H3,(H,58,59)(H2,55,56,57)/b10-9-,13-12-,16-15-,19-18-,22-21-,26-23+,34-33+/t40-,41-,42+,43+,44+,45-,46+/m0/s1. The van der Waals surface area contributed by atoms with Gasteiger partial charge in [0.05, 0.1) is 38.1 Å². The molecule has 0 spiro atoms. The van der Waals surface area contributed by atoms with Crippen LogP contribution in [0.5, 0.6) is 0 Å². The number of aliphatic hydroxyl groups is 4. The van der Waals surface area contributed by atoms with E-state index < -0.39 is 84.5 Å². The predicted octanol–water partition coefficient (Wildman–Crippen LogP) is 8.72. The molecule has 18 heteroatoms. The molecule has 16 nitrogen and oxygen atoms in total. The van der Waals surface area contributed by atoms with Gasteiger partial charge in [0.1, 0.15) is 12.7 Å². The summed E-state index contributed by atoms with van der Waals surface area (Å²) < 4.78 is 47.7. The number of rotatable bonds is 39. The zero-order valence-electron chi connectivity index (χ0n) is 39.1. The Morgan fingerprint density at radius 1 is 0.621 bits per heavy atom. The van der Waals surface area contributed by atoms with E-state index in [-0.39, 0.29) is 31.1 Å². The van der Waals surface area contributed by atoms with E-state index in [1.165, 1.54) is 19.3 Å².